The van der Waals surface area contributed by atoms with E-state index in [2.05, 4.69) is 31.0 Å². The molecule has 31 heavy (non-hydrogen) atoms. The summed E-state index contributed by atoms with van der Waals surface area (Å²) in [5, 5.41) is 2.71. The predicted molar refractivity (Wildman–Crippen MR) is 118 cm³/mol. The Morgan fingerprint density at radius 3 is 2.45 bits per heavy atom. The van der Waals surface area contributed by atoms with E-state index in [0.717, 1.165) is 32.4 Å². The summed E-state index contributed by atoms with van der Waals surface area (Å²) < 4.78 is 22.1. The van der Waals surface area contributed by atoms with Crippen molar-refractivity contribution >= 4 is 12.1 Å². The molecular weight excluding hydrogens is 400 g/mol. The third-order valence-electron chi connectivity index (χ3n) is 5.80. The third-order valence-corrected chi connectivity index (χ3v) is 5.80. The lowest BCUT2D eigenvalue weighted by Gasteiger charge is -2.37. The van der Waals surface area contributed by atoms with Gasteiger partial charge in [-0.15, -0.1) is 0 Å². The summed E-state index contributed by atoms with van der Waals surface area (Å²) in [6, 6.07) is 0.255. The van der Waals surface area contributed by atoms with Crippen molar-refractivity contribution < 1.29 is 28.5 Å². The highest BCUT2D eigenvalue weighted by molar-refractivity contribution is 5.75. The lowest BCUT2D eigenvalue weighted by atomic mass is 9.95. The fraction of sp³-hybridized carbons (Fsp3) is 0.913. The minimum absolute atomic E-state index is 0.0993. The molecule has 2 rings (SSSR count). The van der Waals surface area contributed by atoms with Crippen LogP contribution >= 0.6 is 0 Å². The standard InChI is InChI=1S/C23H42N2O6/c1-21(2,3)19(26)29-15-14-28-13-11-24-20(27)30-16-18-8-10-23(9-7-12-25(18)23)17-31-22(4,5)6/h18H,7-17H2,1-6H3,(H,24,27)/t18-,23?/m1/s1. The number of ether oxygens (including phenoxy) is 4. The van der Waals surface area contributed by atoms with E-state index >= 15 is 0 Å². The normalized spacial score (nSPS) is 24.1. The quantitative estimate of drug-likeness (QED) is 0.411. The van der Waals surface area contributed by atoms with E-state index in [0.29, 0.717) is 26.4 Å². The second-order valence-corrected chi connectivity index (χ2v) is 10.6. The van der Waals surface area contributed by atoms with Crippen molar-refractivity contribution in [2.75, 3.05) is 46.1 Å². The fourth-order valence-electron chi connectivity index (χ4n) is 4.10. The van der Waals surface area contributed by atoms with Crippen LogP contribution in [0.1, 0.15) is 67.2 Å². The Morgan fingerprint density at radius 1 is 1.03 bits per heavy atom. The van der Waals surface area contributed by atoms with E-state index in [9.17, 15) is 9.59 Å². The van der Waals surface area contributed by atoms with Gasteiger partial charge in [0, 0.05) is 18.1 Å². The van der Waals surface area contributed by atoms with Crippen LogP contribution in [0, 0.1) is 5.41 Å². The average molecular weight is 443 g/mol. The number of esters is 1. The molecule has 0 bridgehead atoms. The molecule has 1 N–H and O–H groups in total. The number of fused-ring (bicyclic) bond motifs is 1. The average Bonchev–Trinajstić information content (AvgIpc) is 3.22. The Bertz CT molecular complexity index is 598. The van der Waals surface area contributed by atoms with Crippen molar-refractivity contribution in [3.8, 4) is 0 Å². The van der Waals surface area contributed by atoms with E-state index in [1.54, 1.807) is 20.8 Å². The Morgan fingerprint density at radius 2 is 1.77 bits per heavy atom. The van der Waals surface area contributed by atoms with Gasteiger partial charge in [0.1, 0.15) is 13.2 Å². The van der Waals surface area contributed by atoms with Gasteiger partial charge in [0.25, 0.3) is 0 Å². The first kappa shape index (κ1) is 25.9. The molecule has 0 saturated carbocycles. The summed E-state index contributed by atoms with van der Waals surface area (Å²) in [5.41, 5.74) is -0.561. The second kappa shape index (κ2) is 11.0. The number of alkyl carbamates (subject to hydrolysis) is 1. The van der Waals surface area contributed by atoms with Crippen LogP contribution in [0.3, 0.4) is 0 Å². The number of hydrogen-bond acceptors (Lipinski definition) is 7. The molecule has 8 heteroatoms. The van der Waals surface area contributed by atoms with Crippen LogP contribution in [-0.4, -0.2) is 80.3 Å². The summed E-state index contributed by atoms with van der Waals surface area (Å²) in [4.78, 5) is 26.1. The van der Waals surface area contributed by atoms with E-state index in [4.69, 9.17) is 18.9 Å². The highest BCUT2D eigenvalue weighted by Crippen LogP contribution is 2.43. The van der Waals surface area contributed by atoms with Gasteiger partial charge < -0.3 is 24.3 Å². The summed E-state index contributed by atoms with van der Waals surface area (Å²) in [7, 11) is 0. The molecule has 0 radical (unpaired) electrons. The van der Waals surface area contributed by atoms with Crippen LogP contribution in [-0.2, 0) is 23.7 Å². The molecule has 2 fully saturated rings. The molecule has 180 valence electrons. The number of carbonyl (C=O) groups is 2. The van der Waals surface area contributed by atoms with E-state index in [-0.39, 0.29) is 29.8 Å². The minimum atomic E-state index is -0.515. The number of amides is 1. The first-order chi connectivity index (χ1) is 14.4. The van der Waals surface area contributed by atoms with E-state index in [1.165, 1.54) is 6.42 Å². The maximum Gasteiger partial charge on any atom is 0.407 e. The van der Waals surface area contributed by atoms with Gasteiger partial charge in [-0.25, -0.2) is 4.79 Å². The molecule has 8 nitrogen and oxygen atoms in total. The fourth-order valence-corrected chi connectivity index (χ4v) is 4.10. The lowest BCUT2D eigenvalue weighted by molar-refractivity contribution is -0.154. The van der Waals surface area contributed by atoms with Gasteiger partial charge >= 0.3 is 12.1 Å². The Kier molecular flexibility index (Phi) is 9.15. The van der Waals surface area contributed by atoms with Crippen LogP contribution in [0.2, 0.25) is 0 Å². The monoisotopic (exact) mass is 442 g/mol. The number of hydrogen-bond donors (Lipinski definition) is 1. The summed E-state index contributed by atoms with van der Waals surface area (Å²) >= 11 is 0. The maximum atomic E-state index is 12.0. The van der Waals surface area contributed by atoms with Crippen LogP contribution in [0.5, 0.6) is 0 Å². The molecule has 1 amide bonds. The van der Waals surface area contributed by atoms with E-state index in [1.807, 2.05) is 0 Å². The van der Waals surface area contributed by atoms with Crippen molar-refractivity contribution in [1.29, 1.82) is 0 Å². The first-order valence-electron chi connectivity index (χ1n) is 11.5. The summed E-state index contributed by atoms with van der Waals surface area (Å²) in [5.74, 6) is -0.253. The minimum Gasteiger partial charge on any atom is -0.463 e. The molecule has 2 aliphatic heterocycles. The van der Waals surface area contributed by atoms with Crippen molar-refractivity contribution in [2.45, 2.75) is 84.4 Å². The van der Waals surface area contributed by atoms with Gasteiger partial charge in [-0.1, -0.05) is 0 Å². The smallest absolute Gasteiger partial charge is 0.407 e. The number of rotatable bonds is 10. The van der Waals surface area contributed by atoms with Gasteiger partial charge in [0.05, 0.1) is 30.8 Å². The molecule has 2 saturated heterocycles. The molecule has 0 spiro atoms. The third kappa shape index (κ3) is 8.24. The van der Waals surface area contributed by atoms with Gasteiger partial charge in [-0.2, -0.15) is 0 Å². The number of nitrogens with zero attached hydrogens (tertiary/aromatic N) is 1. The molecule has 2 heterocycles. The summed E-state index contributed by atoms with van der Waals surface area (Å²) in [6.07, 6.45) is 4.00. The first-order valence-corrected chi connectivity index (χ1v) is 11.5. The highest BCUT2D eigenvalue weighted by atomic mass is 16.6. The van der Waals surface area contributed by atoms with Crippen molar-refractivity contribution in [3.63, 3.8) is 0 Å². The summed E-state index contributed by atoms with van der Waals surface area (Å²) in [6.45, 7) is 15.1. The van der Waals surface area contributed by atoms with Gasteiger partial charge in [-0.05, 0) is 73.8 Å². The van der Waals surface area contributed by atoms with Gasteiger partial charge in [-0.3, -0.25) is 9.69 Å². The molecule has 0 aromatic heterocycles. The van der Waals surface area contributed by atoms with Crippen molar-refractivity contribution in [3.05, 3.63) is 0 Å². The highest BCUT2D eigenvalue weighted by Gasteiger charge is 2.50. The maximum absolute atomic E-state index is 12.0. The molecule has 1 unspecified atom stereocenters. The van der Waals surface area contributed by atoms with Gasteiger partial charge in [0.15, 0.2) is 0 Å². The molecule has 0 aliphatic carbocycles. The lowest BCUT2D eigenvalue weighted by Crippen LogP contribution is -2.48. The largest absolute Gasteiger partial charge is 0.463 e. The van der Waals surface area contributed by atoms with Crippen LogP contribution in [0.4, 0.5) is 4.79 Å². The zero-order valence-corrected chi connectivity index (χ0v) is 20.3. The second-order valence-electron chi connectivity index (χ2n) is 10.6. The topological polar surface area (TPSA) is 86.3 Å². The Balaban J connectivity index is 1.58. The van der Waals surface area contributed by atoms with Crippen molar-refractivity contribution in [1.82, 2.24) is 10.2 Å². The zero-order chi connectivity index (χ0) is 23.1. The van der Waals surface area contributed by atoms with Crippen molar-refractivity contribution in [2.24, 2.45) is 5.41 Å². The van der Waals surface area contributed by atoms with E-state index < -0.39 is 11.5 Å². The Hall–Kier alpha value is -1.38. The molecule has 2 aliphatic rings. The molecule has 0 aromatic carbocycles. The van der Waals surface area contributed by atoms with Crippen LogP contribution < -0.4 is 5.32 Å². The Labute approximate surface area is 187 Å². The molecule has 0 aromatic rings. The van der Waals surface area contributed by atoms with Gasteiger partial charge in [0.2, 0.25) is 0 Å². The predicted octanol–water partition coefficient (Wildman–Crippen LogP) is 3.13. The number of carbonyl (C=O) groups excluding carboxylic acids is 2. The SMILES string of the molecule is CC(C)(C)OCC12CCCN1[C@@H](COC(=O)NCCOCCOC(=O)C(C)(C)C)CC2. The zero-order valence-electron chi connectivity index (χ0n) is 20.3. The number of nitrogens with one attached hydrogen (secondary N) is 1. The van der Waals surface area contributed by atoms with Crippen LogP contribution in [0.15, 0.2) is 0 Å². The molecule has 2 atom stereocenters. The van der Waals surface area contributed by atoms with Crippen LogP contribution in [0.25, 0.3) is 0 Å². The molecular formula is C23H42N2O6.